The van der Waals surface area contributed by atoms with Gasteiger partial charge >= 0.3 is 0 Å². The Hall–Kier alpha value is -1.22. The molecule has 3 nitrogen and oxygen atoms in total. The summed E-state index contributed by atoms with van der Waals surface area (Å²) >= 11 is 0. The van der Waals surface area contributed by atoms with Crippen LogP contribution in [-0.4, -0.2) is 34.8 Å². The van der Waals surface area contributed by atoms with E-state index >= 15 is 0 Å². The van der Waals surface area contributed by atoms with E-state index in [4.69, 9.17) is 0 Å². The van der Waals surface area contributed by atoms with E-state index in [-0.39, 0.29) is 0 Å². The molecule has 0 N–H and O–H groups in total. The molecule has 2 aliphatic rings. The van der Waals surface area contributed by atoms with Crippen LogP contribution in [0.1, 0.15) is 37.7 Å². The van der Waals surface area contributed by atoms with Crippen molar-refractivity contribution in [2.75, 3.05) is 13.1 Å². The average molecular weight is 258 g/mol. The van der Waals surface area contributed by atoms with Crippen molar-refractivity contribution in [1.29, 1.82) is 0 Å². The Labute approximate surface area is 115 Å². The second-order valence-corrected chi connectivity index (χ2v) is 5.82. The Kier molecular flexibility index (Phi) is 3.92. The van der Waals surface area contributed by atoms with Crippen LogP contribution in [0, 0.1) is 5.92 Å². The van der Waals surface area contributed by atoms with E-state index in [9.17, 15) is 4.79 Å². The van der Waals surface area contributed by atoms with E-state index in [0.717, 1.165) is 32.2 Å². The van der Waals surface area contributed by atoms with Gasteiger partial charge in [-0.25, -0.2) is 0 Å². The zero-order valence-corrected chi connectivity index (χ0v) is 11.4. The number of aromatic nitrogens is 1. The smallest absolute Gasteiger partial charge is 0.137 e. The molecule has 1 aromatic rings. The summed E-state index contributed by atoms with van der Waals surface area (Å²) in [4.78, 5) is 18.6. The number of hydrogen-bond donors (Lipinski definition) is 0. The zero-order chi connectivity index (χ0) is 13.1. The highest BCUT2D eigenvalue weighted by molar-refractivity contribution is 5.83. The number of Topliss-reactive ketones (excluding diaryl/α,β-unsaturated/α-hetero) is 1. The first-order valence-corrected chi connectivity index (χ1v) is 7.50. The highest BCUT2D eigenvalue weighted by atomic mass is 16.1. The van der Waals surface area contributed by atoms with E-state index in [0.29, 0.717) is 17.7 Å². The second kappa shape index (κ2) is 5.83. The minimum atomic E-state index is 0.333. The van der Waals surface area contributed by atoms with Crippen molar-refractivity contribution < 1.29 is 4.79 Å². The van der Waals surface area contributed by atoms with Gasteiger partial charge < -0.3 is 0 Å². The van der Waals surface area contributed by atoms with E-state index in [1.54, 1.807) is 0 Å². The van der Waals surface area contributed by atoms with Gasteiger partial charge in [-0.3, -0.25) is 14.7 Å². The van der Waals surface area contributed by atoms with Gasteiger partial charge in [-0.15, -0.1) is 0 Å². The maximum atomic E-state index is 11.9. The number of pyridine rings is 1. The van der Waals surface area contributed by atoms with Gasteiger partial charge in [-0.2, -0.15) is 0 Å². The van der Waals surface area contributed by atoms with Crippen LogP contribution in [-0.2, 0) is 11.2 Å². The summed E-state index contributed by atoms with van der Waals surface area (Å²) < 4.78 is 0. The molecule has 0 radical (unpaired) electrons. The number of ketones is 1. The normalized spacial score (nSPS) is 28.1. The molecule has 2 unspecified atom stereocenters. The fourth-order valence-electron chi connectivity index (χ4n) is 3.66. The minimum absolute atomic E-state index is 0.333. The molecule has 2 heterocycles. The van der Waals surface area contributed by atoms with Crippen molar-refractivity contribution in [2.24, 2.45) is 5.92 Å². The molecule has 3 heteroatoms. The summed E-state index contributed by atoms with van der Waals surface area (Å²) in [6.45, 7) is 2.25. The Morgan fingerprint density at radius 2 is 2.05 bits per heavy atom. The van der Waals surface area contributed by atoms with Gasteiger partial charge in [0.1, 0.15) is 5.78 Å². The molecule has 2 fully saturated rings. The summed E-state index contributed by atoms with van der Waals surface area (Å²) in [6.07, 6.45) is 10.3. The molecule has 1 aliphatic heterocycles. The van der Waals surface area contributed by atoms with Gasteiger partial charge in [0.2, 0.25) is 0 Å². The lowest BCUT2D eigenvalue weighted by molar-refractivity contribution is -0.122. The van der Waals surface area contributed by atoms with Crippen molar-refractivity contribution in [2.45, 2.75) is 44.6 Å². The lowest BCUT2D eigenvalue weighted by Gasteiger charge is -2.28. The number of carbonyl (C=O) groups is 1. The first-order chi connectivity index (χ1) is 9.34. The van der Waals surface area contributed by atoms with Crippen LogP contribution in [0.2, 0.25) is 0 Å². The molecule has 0 aromatic carbocycles. The van der Waals surface area contributed by atoms with E-state index in [1.165, 1.54) is 24.9 Å². The van der Waals surface area contributed by atoms with Crippen molar-refractivity contribution in [3.63, 3.8) is 0 Å². The van der Waals surface area contributed by atoms with Crippen LogP contribution in [0.25, 0.3) is 0 Å². The molecule has 102 valence electrons. The number of nitrogens with zero attached hydrogens (tertiary/aromatic N) is 2. The molecule has 2 atom stereocenters. The minimum Gasteiger partial charge on any atom is -0.299 e. The molecule has 19 heavy (non-hydrogen) atoms. The summed E-state index contributed by atoms with van der Waals surface area (Å²) in [5.41, 5.74) is 1.35. The Balaban J connectivity index is 1.59. The third kappa shape index (κ3) is 2.86. The average Bonchev–Trinajstić information content (AvgIpc) is 3.05. The number of carbonyl (C=O) groups excluding carboxylic acids is 1. The van der Waals surface area contributed by atoms with E-state index in [2.05, 4.69) is 22.0 Å². The zero-order valence-electron chi connectivity index (χ0n) is 11.4. The Morgan fingerprint density at radius 3 is 2.79 bits per heavy atom. The molecule has 0 bridgehead atoms. The van der Waals surface area contributed by atoms with Crippen molar-refractivity contribution in [1.82, 2.24) is 9.88 Å². The summed E-state index contributed by atoms with van der Waals surface area (Å²) in [5, 5.41) is 0. The molecule has 1 saturated carbocycles. The number of likely N-dealkylation sites (tertiary alicyclic amines) is 1. The van der Waals surface area contributed by atoms with Gasteiger partial charge in [-0.05, 0) is 56.3 Å². The largest absolute Gasteiger partial charge is 0.299 e. The first-order valence-electron chi connectivity index (χ1n) is 7.50. The molecule has 0 amide bonds. The third-order valence-electron chi connectivity index (χ3n) is 4.67. The monoisotopic (exact) mass is 258 g/mol. The van der Waals surface area contributed by atoms with E-state index < -0.39 is 0 Å². The van der Waals surface area contributed by atoms with Gasteiger partial charge in [0.15, 0.2) is 0 Å². The van der Waals surface area contributed by atoms with Gasteiger partial charge in [0.25, 0.3) is 0 Å². The molecular weight excluding hydrogens is 236 g/mol. The molecular formula is C16H22N2O. The van der Waals surface area contributed by atoms with Crippen LogP contribution in [0.4, 0.5) is 0 Å². The predicted octanol–water partition coefficient (Wildman–Crippen LogP) is 2.46. The molecule has 0 spiro atoms. The Bertz CT molecular complexity index is 432. The van der Waals surface area contributed by atoms with Crippen LogP contribution in [0.5, 0.6) is 0 Å². The van der Waals surface area contributed by atoms with Crippen LogP contribution < -0.4 is 0 Å². The first kappa shape index (κ1) is 12.8. The summed E-state index contributed by atoms with van der Waals surface area (Å²) in [6, 6.07) is 4.70. The fraction of sp³-hybridized carbons (Fsp3) is 0.625. The molecule has 1 aromatic heterocycles. The fourth-order valence-corrected chi connectivity index (χ4v) is 3.66. The molecule has 1 aliphatic carbocycles. The van der Waals surface area contributed by atoms with Crippen molar-refractivity contribution >= 4 is 5.78 Å². The second-order valence-electron chi connectivity index (χ2n) is 5.82. The molecule has 3 rings (SSSR count). The van der Waals surface area contributed by atoms with Crippen molar-refractivity contribution in [3.05, 3.63) is 30.1 Å². The Morgan fingerprint density at radius 1 is 1.21 bits per heavy atom. The lowest BCUT2D eigenvalue weighted by atomic mass is 9.95. The standard InChI is InChI=1S/C16H22N2O/c19-16-5-1-3-14(16)15-4-2-11-18(15)12-8-13-6-9-17-10-7-13/h6-7,9-10,14-15H,1-5,8,11-12H2. The summed E-state index contributed by atoms with van der Waals surface area (Å²) in [7, 11) is 0. The number of hydrogen-bond acceptors (Lipinski definition) is 3. The SMILES string of the molecule is O=C1CCCC1C1CCCN1CCc1ccncc1. The van der Waals surface area contributed by atoms with Crippen LogP contribution >= 0.6 is 0 Å². The maximum Gasteiger partial charge on any atom is 0.137 e. The molecule has 1 saturated heterocycles. The quantitative estimate of drug-likeness (QED) is 0.831. The summed E-state index contributed by atoms with van der Waals surface area (Å²) in [5.74, 6) is 0.848. The van der Waals surface area contributed by atoms with Gasteiger partial charge in [0.05, 0.1) is 0 Å². The predicted molar refractivity (Wildman–Crippen MR) is 74.9 cm³/mol. The topological polar surface area (TPSA) is 33.2 Å². The maximum absolute atomic E-state index is 11.9. The number of rotatable bonds is 4. The van der Waals surface area contributed by atoms with Crippen molar-refractivity contribution in [3.8, 4) is 0 Å². The highest BCUT2D eigenvalue weighted by Gasteiger charge is 2.37. The van der Waals surface area contributed by atoms with E-state index in [1.807, 2.05) is 12.4 Å². The highest BCUT2D eigenvalue weighted by Crippen LogP contribution is 2.33. The lowest BCUT2D eigenvalue weighted by Crippen LogP contribution is -2.38. The van der Waals surface area contributed by atoms with Crippen LogP contribution in [0.3, 0.4) is 0 Å². The third-order valence-corrected chi connectivity index (χ3v) is 4.67. The van der Waals surface area contributed by atoms with Crippen LogP contribution in [0.15, 0.2) is 24.5 Å². The van der Waals surface area contributed by atoms with Gasteiger partial charge in [0, 0.05) is 37.3 Å². The van der Waals surface area contributed by atoms with Gasteiger partial charge in [-0.1, -0.05) is 0 Å².